The first kappa shape index (κ1) is 9.68. The van der Waals surface area contributed by atoms with E-state index in [0.717, 1.165) is 31.2 Å². The van der Waals surface area contributed by atoms with Gasteiger partial charge in [-0.25, -0.2) is 4.98 Å². The van der Waals surface area contributed by atoms with Gasteiger partial charge >= 0.3 is 0 Å². The van der Waals surface area contributed by atoms with Crippen molar-refractivity contribution < 1.29 is 0 Å². The van der Waals surface area contributed by atoms with Crippen LogP contribution in [0.3, 0.4) is 0 Å². The highest BCUT2D eigenvalue weighted by Crippen LogP contribution is 2.13. The summed E-state index contributed by atoms with van der Waals surface area (Å²) in [4.78, 5) is 4.17. The number of rotatable bonds is 4. The Bertz CT molecular complexity index is 292. The minimum Gasteiger partial charge on any atom is -0.361 e. The molecule has 0 fully saturated rings. The molecule has 0 radical (unpaired) electrons. The molecule has 76 valence electrons. The summed E-state index contributed by atoms with van der Waals surface area (Å²) in [7, 11) is 0. The van der Waals surface area contributed by atoms with Gasteiger partial charge in [-0.3, -0.25) is 0 Å². The van der Waals surface area contributed by atoms with Crippen LogP contribution in [0.5, 0.6) is 0 Å². The number of aromatic nitrogens is 1. The van der Waals surface area contributed by atoms with Gasteiger partial charge in [-0.05, 0) is 19.4 Å². The van der Waals surface area contributed by atoms with E-state index in [2.05, 4.69) is 21.7 Å². The summed E-state index contributed by atoms with van der Waals surface area (Å²) in [5, 5.41) is 9.65. The topological polar surface area (TPSA) is 37.0 Å². The van der Waals surface area contributed by atoms with Gasteiger partial charge in [0.1, 0.15) is 0 Å². The van der Waals surface area contributed by atoms with Crippen LogP contribution in [0.4, 0.5) is 5.13 Å². The standard InChI is InChI=1S/C10H15N3S/c1-4-11-5-2-9(1)3-6-12-10-13-7-8-14-10/h1,7-8,11H,2-6H2,(H,12,13). The van der Waals surface area contributed by atoms with E-state index in [9.17, 15) is 0 Å². The number of thiazole rings is 1. The van der Waals surface area contributed by atoms with E-state index in [1.165, 1.54) is 6.42 Å². The average Bonchev–Trinajstić information content (AvgIpc) is 2.72. The van der Waals surface area contributed by atoms with Gasteiger partial charge in [-0.1, -0.05) is 11.6 Å². The Morgan fingerprint density at radius 3 is 3.29 bits per heavy atom. The van der Waals surface area contributed by atoms with Gasteiger partial charge in [0.05, 0.1) is 0 Å². The third-order valence-electron chi connectivity index (χ3n) is 2.31. The molecule has 4 heteroatoms. The van der Waals surface area contributed by atoms with E-state index >= 15 is 0 Å². The molecule has 3 nitrogen and oxygen atoms in total. The molecule has 0 spiro atoms. The molecule has 2 rings (SSSR count). The van der Waals surface area contributed by atoms with E-state index in [0.29, 0.717) is 0 Å². The zero-order valence-corrected chi connectivity index (χ0v) is 8.94. The molecule has 1 aliphatic rings. The first-order valence-corrected chi connectivity index (χ1v) is 5.85. The zero-order chi connectivity index (χ0) is 9.64. The molecule has 0 amide bonds. The van der Waals surface area contributed by atoms with Gasteiger partial charge in [-0.2, -0.15) is 0 Å². The van der Waals surface area contributed by atoms with Gasteiger partial charge in [-0.15, -0.1) is 11.3 Å². The van der Waals surface area contributed by atoms with Crippen LogP contribution >= 0.6 is 11.3 Å². The summed E-state index contributed by atoms with van der Waals surface area (Å²) in [6, 6.07) is 0. The van der Waals surface area contributed by atoms with E-state index in [-0.39, 0.29) is 0 Å². The fourth-order valence-electron chi connectivity index (χ4n) is 1.54. The van der Waals surface area contributed by atoms with Gasteiger partial charge in [0.25, 0.3) is 0 Å². The van der Waals surface area contributed by atoms with Crippen LogP contribution < -0.4 is 10.6 Å². The van der Waals surface area contributed by atoms with Crippen molar-refractivity contribution in [3.8, 4) is 0 Å². The number of hydrogen-bond donors (Lipinski definition) is 2. The number of nitrogens with one attached hydrogen (secondary N) is 2. The lowest BCUT2D eigenvalue weighted by Crippen LogP contribution is -2.21. The molecule has 0 atom stereocenters. The molecule has 0 saturated heterocycles. The maximum absolute atomic E-state index is 4.17. The van der Waals surface area contributed by atoms with Crippen molar-refractivity contribution >= 4 is 16.5 Å². The maximum Gasteiger partial charge on any atom is 0.182 e. The van der Waals surface area contributed by atoms with Gasteiger partial charge < -0.3 is 10.6 Å². The van der Waals surface area contributed by atoms with E-state index in [1.54, 1.807) is 16.9 Å². The summed E-state index contributed by atoms with van der Waals surface area (Å²) in [5.74, 6) is 0. The van der Waals surface area contributed by atoms with Gasteiger partial charge in [0.15, 0.2) is 5.13 Å². The quantitative estimate of drug-likeness (QED) is 0.743. The van der Waals surface area contributed by atoms with Crippen molar-refractivity contribution in [3.63, 3.8) is 0 Å². The lowest BCUT2D eigenvalue weighted by molar-refractivity contribution is 0.683. The highest BCUT2D eigenvalue weighted by atomic mass is 32.1. The van der Waals surface area contributed by atoms with E-state index in [1.807, 2.05) is 11.6 Å². The van der Waals surface area contributed by atoms with Crippen LogP contribution in [0.2, 0.25) is 0 Å². The van der Waals surface area contributed by atoms with Crippen LogP contribution in [-0.4, -0.2) is 24.6 Å². The Hall–Kier alpha value is -0.870. The van der Waals surface area contributed by atoms with Crippen LogP contribution in [0.15, 0.2) is 23.2 Å². The van der Waals surface area contributed by atoms with Crippen molar-refractivity contribution in [1.82, 2.24) is 10.3 Å². The fraction of sp³-hybridized carbons (Fsp3) is 0.500. The molecular formula is C10H15N3S. The Morgan fingerprint density at radius 1 is 1.57 bits per heavy atom. The molecule has 0 aromatic carbocycles. The third kappa shape index (κ3) is 2.82. The lowest BCUT2D eigenvalue weighted by atomic mass is 10.1. The second-order valence-electron chi connectivity index (χ2n) is 3.33. The maximum atomic E-state index is 4.17. The highest BCUT2D eigenvalue weighted by Gasteiger charge is 2.02. The van der Waals surface area contributed by atoms with Crippen molar-refractivity contribution in [2.45, 2.75) is 12.8 Å². The molecule has 0 saturated carbocycles. The Labute approximate surface area is 88.3 Å². The average molecular weight is 209 g/mol. The smallest absolute Gasteiger partial charge is 0.182 e. The van der Waals surface area contributed by atoms with Crippen molar-refractivity contribution in [1.29, 1.82) is 0 Å². The third-order valence-corrected chi connectivity index (χ3v) is 3.04. The van der Waals surface area contributed by atoms with Crippen molar-refractivity contribution in [2.75, 3.05) is 25.0 Å². The monoisotopic (exact) mass is 209 g/mol. The first-order chi connectivity index (χ1) is 6.95. The summed E-state index contributed by atoms with van der Waals surface area (Å²) in [6.45, 7) is 3.16. The van der Waals surface area contributed by atoms with Gasteiger partial charge in [0.2, 0.25) is 0 Å². The van der Waals surface area contributed by atoms with Crippen LogP contribution in [0.1, 0.15) is 12.8 Å². The summed E-state index contributed by atoms with van der Waals surface area (Å²) in [5.41, 5.74) is 1.56. The van der Waals surface area contributed by atoms with E-state index in [4.69, 9.17) is 0 Å². The first-order valence-electron chi connectivity index (χ1n) is 4.97. The summed E-state index contributed by atoms with van der Waals surface area (Å²) < 4.78 is 0. The lowest BCUT2D eigenvalue weighted by Gasteiger charge is -2.13. The molecule has 2 heterocycles. The number of hydrogen-bond acceptors (Lipinski definition) is 4. The predicted octanol–water partition coefficient (Wildman–Crippen LogP) is 1.86. The fourth-order valence-corrected chi connectivity index (χ4v) is 2.10. The van der Waals surface area contributed by atoms with Crippen molar-refractivity contribution in [3.05, 3.63) is 23.2 Å². The molecular weight excluding hydrogens is 194 g/mol. The number of nitrogens with zero attached hydrogens (tertiary/aromatic N) is 1. The van der Waals surface area contributed by atoms with Crippen molar-refractivity contribution in [2.24, 2.45) is 0 Å². The second-order valence-corrected chi connectivity index (χ2v) is 4.23. The summed E-state index contributed by atoms with van der Waals surface area (Å²) in [6.07, 6.45) is 6.46. The van der Waals surface area contributed by atoms with E-state index < -0.39 is 0 Å². The molecule has 14 heavy (non-hydrogen) atoms. The van der Waals surface area contributed by atoms with Crippen LogP contribution in [-0.2, 0) is 0 Å². The molecule has 2 N–H and O–H groups in total. The molecule has 0 aliphatic carbocycles. The Kier molecular flexibility index (Phi) is 3.54. The molecule has 0 bridgehead atoms. The van der Waals surface area contributed by atoms with Crippen LogP contribution in [0, 0.1) is 0 Å². The van der Waals surface area contributed by atoms with Crippen LogP contribution in [0.25, 0.3) is 0 Å². The Balaban J connectivity index is 1.70. The molecule has 0 unspecified atom stereocenters. The zero-order valence-electron chi connectivity index (χ0n) is 8.12. The second kappa shape index (κ2) is 5.12. The SMILES string of the molecule is C1=C(CCNc2nccs2)CCNC1. The predicted molar refractivity (Wildman–Crippen MR) is 60.8 cm³/mol. The number of anilines is 1. The molecule has 1 aromatic heterocycles. The minimum absolute atomic E-state index is 0.999. The summed E-state index contributed by atoms with van der Waals surface area (Å²) >= 11 is 1.66. The molecule has 1 aliphatic heterocycles. The Morgan fingerprint density at radius 2 is 2.57 bits per heavy atom. The highest BCUT2D eigenvalue weighted by molar-refractivity contribution is 7.13. The minimum atomic E-state index is 0.999. The molecule has 1 aromatic rings. The largest absolute Gasteiger partial charge is 0.361 e. The normalized spacial score (nSPS) is 16.4. The van der Waals surface area contributed by atoms with Gasteiger partial charge in [0, 0.05) is 24.7 Å².